The van der Waals surface area contributed by atoms with Crippen molar-refractivity contribution < 1.29 is 9.47 Å². The van der Waals surface area contributed by atoms with E-state index in [0.717, 1.165) is 57.9 Å². The van der Waals surface area contributed by atoms with Crippen molar-refractivity contribution in [3.8, 4) is 22.8 Å². The molecule has 0 radical (unpaired) electrons. The molecule has 5 rings (SSSR count). The Bertz CT molecular complexity index is 1280. The SMILES string of the molecule is C=C1C(Nc2cccc(OC)c2)CCN1c1ccc(-c2ccc3[nH]ncc3c2)c(OC)n1. The molecule has 162 valence electrons. The van der Waals surface area contributed by atoms with Crippen LogP contribution in [0.1, 0.15) is 6.42 Å². The second kappa shape index (κ2) is 8.26. The molecule has 0 bridgehead atoms. The van der Waals surface area contributed by atoms with Gasteiger partial charge in [-0.2, -0.15) is 10.1 Å². The van der Waals surface area contributed by atoms with Crippen LogP contribution >= 0.6 is 0 Å². The molecule has 32 heavy (non-hydrogen) atoms. The fourth-order valence-corrected chi connectivity index (χ4v) is 4.15. The third-order valence-electron chi connectivity index (χ3n) is 5.87. The zero-order valence-corrected chi connectivity index (χ0v) is 18.1. The lowest BCUT2D eigenvalue weighted by molar-refractivity contribution is 0.400. The number of pyridine rings is 1. The summed E-state index contributed by atoms with van der Waals surface area (Å²) < 4.78 is 11.0. The van der Waals surface area contributed by atoms with Crippen molar-refractivity contribution in [2.45, 2.75) is 12.5 Å². The first kappa shape index (κ1) is 19.9. The predicted octanol–water partition coefficient (Wildman–Crippen LogP) is 4.85. The van der Waals surface area contributed by atoms with Crippen LogP contribution < -0.4 is 19.7 Å². The Morgan fingerprint density at radius 1 is 1.09 bits per heavy atom. The number of fused-ring (bicyclic) bond motifs is 1. The van der Waals surface area contributed by atoms with Crippen LogP contribution in [-0.4, -0.2) is 42.0 Å². The highest BCUT2D eigenvalue weighted by Crippen LogP contribution is 2.35. The van der Waals surface area contributed by atoms with E-state index >= 15 is 0 Å². The Kier molecular flexibility index (Phi) is 5.15. The average Bonchev–Trinajstić information content (AvgIpc) is 3.45. The number of anilines is 2. The molecule has 0 saturated carbocycles. The number of aromatic amines is 1. The van der Waals surface area contributed by atoms with Gasteiger partial charge in [0.2, 0.25) is 5.88 Å². The molecule has 2 N–H and O–H groups in total. The number of hydrogen-bond acceptors (Lipinski definition) is 6. The number of nitrogens with zero attached hydrogens (tertiary/aromatic N) is 3. The number of nitrogens with one attached hydrogen (secondary N) is 2. The van der Waals surface area contributed by atoms with Gasteiger partial charge in [0.1, 0.15) is 11.6 Å². The largest absolute Gasteiger partial charge is 0.497 e. The van der Waals surface area contributed by atoms with E-state index in [1.807, 2.05) is 48.7 Å². The molecule has 2 aromatic heterocycles. The lowest BCUT2D eigenvalue weighted by Gasteiger charge is -2.22. The minimum absolute atomic E-state index is 0.123. The van der Waals surface area contributed by atoms with Crippen LogP contribution in [0.25, 0.3) is 22.0 Å². The summed E-state index contributed by atoms with van der Waals surface area (Å²) in [5, 5.41) is 11.7. The summed E-state index contributed by atoms with van der Waals surface area (Å²) in [4.78, 5) is 6.95. The van der Waals surface area contributed by atoms with Crippen LogP contribution in [0.3, 0.4) is 0 Å². The molecule has 0 spiro atoms. The van der Waals surface area contributed by atoms with Crippen molar-refractivity contribution in [1.29, 1.82) is 0 Å². The van der Waals surface area contributed by atoms with E-state index in [9.17, 15) is 0 Å². The summed E-state index contributed by atoms with van der Waals surface area (Å²) in [7, 11) is 3.32. The Labute approximate surface area is 186 Å². The van der Waals surface area contributed by atoms with Crippen LogP contribution in [-0.2, 0) is 0 Å². The fourth-order valence-electron chi connectivity index (χ4n) is 4.15. The first-order valence-electron chi connectivity index (χ1n) is 10.5. The number of aromatic nitrogens is 3. The summed E-state index contributed by atoms with van der Waals surface area (Å²) in [6.45, 7) is 5.17. The monoisotopic (exact) mass is 427 g/mol. The molecule has 4 aromatic rings. The molecule has 0 amide bonds. The van der Waals surface area contributed by atoms with Gasteiger partial charge in [0.25, 0.3) is 0 Å². The van der Waals surface area contributed by atoms with Gasteiger partial charge < -0.3 is 19.7 Å². The Morgan fingerprint density at radius 2 is 2.00 bits per heavy atom. The van der Waals surface area contributed by atoms with Crippen LogP contribution in [0.5, 0.6) is 11.6 Å². The molecule has 1 unspecified atom stereocenters. The maximum Gasteiger partial charge on any atom is 0.223 e. The lowest BCUT2D eigenvalue weighted by atomic mass is 10.1. The van der Waals surface area contributed by atoms with Gasteiger partial charge in [-0.05, 0) is 48.4 Å². The number of rotatable bonds is 6. The Morgan fingerprint density at radius 3 is 2.84 bits per heavy atom. The summed E-state index contributed by atoms with van der Waals surface area (Å²) in [5.74, 6) is 2.24. The van der Waals surface area contributed by atoms with E-state index in [1.54, 1.807) is 14.2 Å². The van der Waals surface area contributed by atoms with Crippen LogP contribution in [0.15, 0.2) is 73.1 Å². The third kappa shape index (κ3) is 3.62. The maximum absolute atomic E-state index is 5.66. The molecular formula is C25H25N5O2. The second-order valence-electron chi connectivity index (χ2n) is 7.76. The highest BCUT2D eigenvalue weighted by molar-refractivity contribution is 5.85. The van der Waals surface area contributed by atoms with Crippen molar-refractivity contribution in [3.05, 3.63) is 73.1 Å². The molecular weight excluding hydrogens is 402 g/mol. The van der Waals surface area contributed by atoms with E-state index in [-0.39, 0.29) is 6.04 Å². The second-order valence-corrected chi connectivity index (χ2v) is 7.76. The molecule has 2 aromatic carbocycles. The first-order chi connectivity index (χ1) is 15.7. The topological polar surface area (TPSA) is 75.3 Å². The smallest absolute Gasteiger partial charge is 0.223 e. The summed E-state index contributed by atoms with van der Waals surface area (Å²) in [6, 6.07) is 18.3. The number of methoxy groups -OCH3 is 2. The molecule has 7 heteroatoms. The quantitative estimate of drug-likeness (QED) is 0.458. The van der Waals surface area contributed by atoms with Crippen molar-refractivity contribution in [2.24, 2.45) is 0 Å². The van der Waals surface area contributed by atoms with Gasteiger partial charge >= 0.3 is 0 Å². The zero-order valence-electron chi connectivity index (χ0n) is 18.1. The lowest BCUT2D eigenvalue weighted by Crippen LogP contribution is -2.23. The fraction of sp³-hybridized carbons (Fsp3) is 0.200. The standard InChI is InChI=1S/C25H25N5O2/c1-16-22(27-19-5-4-6-20(14-19)31-2)11-12-30(16)24-10-8-21(25(28-24)32-3)17-7-9-23-18(13-17)15-26-29-23/h4-10,13-15,22,27H,1,11-12H2,2-3H3,(H,26,29). The highest BCUT2D eigenvalue weighted by Gasteiger charge is 2.28. The molecule has 0 aliphatic carbocycles. The van der Waals surface area contributed by atoms with Gasteiger partial charge in [-0.3, -0.25) is 5.10 Å². The van der Waals surface area contributed by atoms with Crippen LogP contribution in [0, 0.1) is 0 Å². The molecule has 7 nitrogen and oxygen atoms in total. The van der Waals surface area contributed by atoms with E-state index in [2.05, 4.69) is 39.1 Å². The van der Waals surface area contributed by atoms with Gasteiger partial charge in [-0.25, -0.2) is 0 Å². The van der Waals surface area contributed by atoms with Gasteiger partial charge in [0.15, 0.2) is 0 Å². The van der Waals surface area contributed by atoms with Crippen LogP contribution in [0.4, 0.5) is 11.5 Å². The number of hydrogen-bond donors (Lipinski definition) is 2. The third-order valence-corrected chi connectivity index (χ3v) is 5.87. The van der Waals surface area contributed by atoms with Crippen molar-refractivity contribution in [2.75, 3.05) is 31.0 Å². The highest BCUT2D eigenvalue weighted by atomic mass is 16.5. The Balaban J connectivity index is 1.38. The zero-order chi connectivity index (χ0) is 22.1. The summed E-state index contributed by atoms with van der Waals surface area (Å²) in [5.41, 5.74) is 4.96. The number of benzene rings is 2. The van der Waals surface area contributed by atoms with Gasteiger partial charge in [0.05, 0.1) is 32.0 Å². The van der Waals surface area contributed by atoms with Crippen molar-refractivity contribution >= 4 is 22.4 Å². The van der Waals surface area contributed by atoms with Crippen molar-refractivity contribution in [3.63, 3.8) is 0 Å². The Hall–Kier alpha value is -4.00. The van der Waals surface area contributed by atoms with E-state index in [0.29, 0.717) is 5.88 Å². The number of ether oxygens (including phenoxy) is 2. The molecule has 3 heterocycles. The normalized spacial score (nSPS) is 15.9. The van der Waals surface area contributed by atoms with Crippen LogP contribution in [0.2, 0.25) is 0 Å². The van der Waals surface area contributed by atoms with Gasteiger partial charge in [-0.15, -0.1) is 0 Å². The van der Waals surface area contributed by atoms with Gasteiger partial charge in [-0.1, -0.05) is 18.7 Å². The predicted molar refractivity (Wildman–Crippen MR) is 127 cm³/mol. The van der Waals surface area contributed by atoms with Crippen molar-refractivity contribution in [1.82, 2.24) is 15.2 Å². The average molecular weight is 428 g/mol. The molecule has 1 atom stereocenters. The summed E-state index contributed by atoms with van der Waals surface area (Å²) in [6.07, 6.45) is 2.75. The minimum Gasteiger partial charge on any atom is -0.497 e. The number of H-pyrrole nitrogens is 1. The maximum atomic E-state index is 5.66. The molecule has 1 fully saturated rings. The molecule has 1 saturated heterocycles. The van der Waals surface area contributed by atoms with Gasteiger partial charge in [0, 0.05) is 34.9 Å². The van der Waals surface area contributed by atoms with E-state index < -0.39 is 0 Å². The van der Waals surface area contributed by atoms with E-state index in [4.69, 9.17) is 14.5 Å². The minimum atomic E-state index is 0.123. The first-order valence-corrected chi connectivity index (χ1v) is 10.5. The van der Waals surface area contributed by atoms with E-state index in [1.165, 1.54) is 0 Å². The molecule has 1 aliphatic heterocycles. The summed E-state index contributed by atoms with van der Waals surface area (Å²) >= 11 is 0. The molecule has 1 aliphatic rings.